The Labute approximate surface area is 202 Å². The predicted octanol–water partition coefficient (Wildman–Crippen LogP) is 5.05. The number of piperidine rings is 1. The summed E-state index contributed by atoms with van der Waals surface area (Å²) in [4.78, 5) is 14.7. The van der Waals surface area contributed by atoms with E-state index < -0.39 is 24.2 Å². The third kappa shape index (κ3) is 6.68. The van der Waals surface area contributed by atoms with E-state index in [0.717, 1.165) is 12.8 Å². The van der Waals surface area contributed by atoms with Crippen LogP contribution < -0.4 is 0 Å². The van der Waals surface area contributed by atoms with Gasteiger partial charge in [-0.05, 0) is 55.1 Å². The van der Waals surface area contributed by atoms with E-state index >= 15 is 0 Å². The van der Waals surface area contributed by atoms with Crippen molar-refractivity contribution in [1.82, 2.24) is 4.90 Å². The summed E-state index contributed by atoms with van der Waals surface area (Å²) in [5.41, 5.74) is 1.18. The molecule has 33 heavy (non-hydrogen) atoms. The highest BCUT2D eigenvalue weighted by Gasteiger charge is 2.49. The van der Waals surface area contributed by atoms with Gasteiger partial charge in [0.05, 0.1) is 29.9 Å². The number of hydrogen-bond acceptors (Lipinski definition) is 6. The van der Waals surface area contributed by atoms with Crippen molar-refractivity contribution in [3.63, 3.8) is 0 Å². The van der Waals surface area contributed by atoms with Crippen molar-refractivity contribution in [3.8, 4) is 0 Å². The molecule has 1 aliphatic heterocycles. The molecule has 1 heterocycles. The van der Waals surface area contributed by atoms with Crippen molar-refractivity contribution < 1.29 is 22.4 Å². The second-order valence-corrected chi connectivity index (χ2v) is 17.5. The number of hydrogen-bond donors (Lipinski definition) is 0. The van der Waals surface area contributed by atoms with Gasteiger partial charge in [0, 0.05) is 6.04 Å². The van der Waals surface area contributed by atoms with Crippen molar-refractivity contribution in [2.24, 2.45) is 0 Å². The molecule has 0 amide bonds. The van der Waals surface area contributed by atoms with Crippen LogP contribution in [-0.2, 0) is 23.8 Å². The predicted molar refractivity (Wildman–Crippen MR) is 136 cm³/mol. The van der Waals surface area contributed by atoms with E-state index in [2.05, 4.69) is 41.5 Å². The van der Waals surface area contributed by atoms with Crippen molar-refractivity contribution in [2.75, 3.05) is 25.4 Å². The average molecular weight is 498 g/mol. The third-order valence-electron chi connectivity index (χ3n) is 7.02. The van der Waals surface area contributed by atoms with Crippen LogP contribution in [0, 0.1) is 0 Å². The molecule has 1 saturated heterocycles. The first kappa shape index (κ1) is 28.0. The average Bonchev–Trinajstić information content (AvgIpc) is 2.73. The summed E-state index contributed by atoms with van der Waals surface area (Å²) in [5, 5.41) is 0. The zero-order valence-corrected chi connectivity index (χ0v) is 23.2. The van der Waals surface area contributed by atoms with Crippen LogP contribution in [0.3, 0.4) is 0 Å². The minimum atomic E-state index is -3.55. The first-order valence-corrected chi connectivity index (χ1v) is 16.1. The number of likely N-dealkylation sites (tertiary alicyclic amines) is 1. The molecule has 1 fully saturated rings. The molecule has 188 valence electrons. The maximum atomic E-state index is 13.4. The Hall–Kier alpha value is -1.22. The Morgan fingerprint density at radius 2 is 1.64 bits per heavy atom. The van der Waals surface area contributed by atoms with Crippen molar-refractivity contribution in [3.05, 3.63) is 30.3 Å². The van der Waals surface area contributed by atoms with Crippen molar-refractivity contribution in [1.29, 1.82) is 0 Å². The van der Waals surface area contributed by atoms with E-state index in [1.807, 2.05) is 11.0 Å². The van der Waals surface area contributed by atoms with Gasteiger partial charge in [-0.3, -0.25) is 9.69 Å². The summed E-state index contributed by atoms with van der Waals surface area (Å²) >= 11 is 0. The van der Waals surface area contributed by atoms with E-state index in [1.54, 1.807) is 31.2 Å². The number of esters is 1. The van der Waals surface area contributed by atoms with Crippen LogP contribution in [0.2, 0.25) is 16.6 Å². The van der Waals surface area contributed by atoms with E-state index in [9.17, 15) is 13.2 Å². The zero-order valence-electron chi connectivity index (χ0n) is 21.4. The summed E-state index contributed by atoms with van der Waals surface area (Å²) in [5.74, 6) is -0.389. The fraction of sp³-hybridized carbons (Fsp3) is 0.720. The Morgan fingerprint density at radius 1 is 1.06 bits per heavy atom. The lowest BCUT2D eigenvalue weighted by molar-refractivity contribution is -0.146. The van der Waals surface area contributed by atoms with Crippen LogP contribution in [0.15, 0.2) is 35.2 Å². The van der Waals surface area contributed by atoms with Crippen LogP contribution in [0.5, 0.6) is 0 Å². The molecule has 0 aromatic heterocycles. The minimum Gasteiger partial charge on any atom is -0.465 e. The van der Waals surface area contributed by atoms with E-state index in [-0.39, 0.29) is 24.4 Å². The zero-order chi connectivity index (χ0) is 24.8. The standard InChI is InChI=1S/C25H43NO5SSi/c1-8-30-25(27)17-26-16-12-15-24(31-33(19(2)3,20(4)5)21(6)7)23(26)18-32(28,29)22-13-10-9-11-14-22/h9-11,13-14,19-21,23-24H,8,12,15-18H2,1-7H3/t23-,24+/m0/s1. The van der Waals surface area contributed by atoms with Crippen molar-refractivity contribution >= 4 is 24.1 Å². The van der Waals surface area contributed by atoms with E-state index in [4.69, 9.17) is 9.16 Å². The highest BCUT2D eigenvalue weighted by molar-refractivity contribution is 7.91. The molecule has 1 aliphatic rings. The molecule has 1 aromatic rings. The number of rotatable bonds is 11. The fourth-order valence-electron chi connectivity index (χ4n) is 5.63. The van der Waals surface area contributed by atoms with Gasteiger partial charge in [0.2, 0.25) is 8.32 Å². The summed E-state index contributed by atoms with van der Waals surface area (Å²) in [6, 6.07) is 8.18. The van der Waals surface area contributed by atoms with Crippen LogP contribution in [0.4, 0.5) is 0 Å². The Morgan fingerprint density at radius 3 is 2.15 bits per heavy atom. The highest BCUT2D eigenvalue weighted by Crippen LogP contribution is 2.44. The molecular formula is C25H43NO5SSi. The smallest absolute Gasteiger partial charge is 0.320 e. The second-order valence-electron chi connectivity index (χ2n) is 10.1. The van der Waals surface area contributed by atoms with Gasteiger partial charge in [0.15, 0.2) is 9.84 Å². The molecule has 1 aromatic carbocycles. The molecule has 2 atom stereocenters. The van der Waals surface area contributed by atoms with Gasteiger partial charge in [-0.25, -0.2) is 8.42 Å². The SMILES string of the molecule is CCOC(=O)CN1CCC[C@@H](O[Si](C(C)C)(C(C)C)C(C)C)[C@@H]1CS(=O)(=O)c1ccccc1. The number of ether oxygens (including phenoxy) is 1. The summed E-state index contributed by atoms with van der Waals surface area (Å²) in [6.45, 7) is 16.3. The molecule has 0 aliphatic carbocycles. The van der Waals surface area contributed by atoms with Crippen LogP contribution in [0.25, 0.3) is 0 Å². The second kappa shape index (κ2) is 12.0. The minimum absolute atomic E-state index is 0.0696. The molecule has 0 N–H and O–H groups in total. The van der Waals surface area contributed by atoms with Gasteiger partial charge in [-0.15, -0.1) is 0 Å². The molecule has 2 rings (SSSR count). The molecule has 0 saturated carbocycles. The maximum Gasteiger partial charge on any atom is 0.320 e. The molecule has 6 nitrogen and oxygen atoms in total. The van der Waals surface area contributed by atoms with E-state index in [0.29, 0.717) is 34.7 Å². The van der Waals surface area contributed by atoms with Gasteiger partial charge in [0.25, 0.3) is 0 Å². The number of carbonyl (C=O) groups excluding carboxylic acids is 1. The maximum absolute atomic E-state index is 13.4. The monoisotopic (exact) mass is 497 g/mol. The first-order valence-electron chi connectivity index (χ1n) is 12.3. The number of sulfone groups is 1. The number of carbonyl (C=O) groups is 1. The van der Waals surface area contributed by atoms with Crippen LogP contribution in [-0.4, -0.2) is 65.2 Å². The van der Waals surface area contributed by atoms with Crippen LogP contribution in [0.1, 0.15) is 61.3 Å². The summed E-state index contributed by atoms with van der Waals surface area (Å²) < 4.78 is 39.1. The molecule has 8 heteroatoms. The molecule has 0 unspecified atom stereocenters. The Balaban J connectivity index is 2.44. The van der Waals surface area contributed by atoms with Gasteiger partial charge in [-0.1, -0.05) is 59.7 Å². The normalized spacial score (nSPS) is 20.5. The largest absolute Gasteiger partial charge is 0.465 e. The molecule has 0 spiro atoms. The van der Waals surface area contributed by atoms with Gasteiger partial charge in [0.1, 0.15) is 0 Å². The van der Waals surface area contributed by atoms with Crippen LogP contribution >= 0.6 is 0 Å². The third-order valence-corrected chi connectivity index (χ3v) is 14.9. The van der Waals surface area contributed by atoms with E-state index in [1.165, 1.54) is 0 Å². The summed E-state index contributed by atoms with van der Waals surface area (Å²) in [7, 11) is -5.78. The Bertz CT molecular complexity index is 835. The van der Waals surface area contributed by atoms with Gasteiger partial charge < -0.3 is 9.16 Å². The first-order chi connectivity index (χ1) is 15.5. The topological polar surface area (TPSA) is 72.9 Å². The summed E-state index contributed by atoms with van der Waals surface area (Å²) in [6.07, 6.45) is 1.44. The molecular weight excluding hydrogens is 454 g/mol. The number of benzene rings is 1. The lowest BCUT2D eigenvalue weighted by Gasteiger charge is -2.49. The quantitative estimate of drug-likeness (QED) is 0.315. The van der Waals surface area contributed by atoms with Crippen molar-refractivity contribution in [2.45, 2.75) is 95.0 Å². The highest BCUT2D eigenvalue weighted by atomic mass is 32.2. The number of nitrogens with zero attached hydrogens (tertiary/aromatic N) is 1. The molecule has 0 radical (unpaired) electrons. The van der Waals surface area contributed by atoms with Gasteiger partial charge >= 0.3 is 5.97 Å². The fourth-order valence-corrected chi connectivity index (χ4v) is 12.9. The lowest BCUT2D eigenvalue weighted by Crippen LogP contribution is -2.59. The molecule has 0 bridgehead atoms. The lowest BCUT2D eigenvalue weighted by atomic mass is 10.0. The Kier molecular flexibility index (Phi) is 10.1. The van der Waals surface area contributed by atoms with Gasteiger partial charge in [-0.2, -0.15) is 0 Å².